The minimum Gasteiger partial charge on any atom is -0.346 e. The normalized spacial score (nSPS) is 15.6. The average molecular weight is 483 g/mol. The lowest BCUT2D eigenvalue weighted by molar-refractivity contribution is -0.129. The van der Waals surface area contributed by atoms with Crippen molar-refractivity contribution < 1.29 is 18.0 Å². The fraction of sp³-hybridized carbons (Fsp3) is 0.304. The fourth-order valence-corrected chi connectivity index (χ4v) is 5.28. The Morgan fingerprint density at radius 1 is 1.03 bits per heavy atom. The van der Waals surface area contributed by atoms with E-state index in [1.807, 2.05) is 31.2 Å². The number of carbonyl (C=O) groups excluding carboxylic acids is 2. The van der Waals surface area contributed by atoms with Gasteiger partial charge in [-0.1, -0.05) is 18.2 Å². The average Bonchev–Trinajstić information content (AvgIpc) is 3.39. The molecule has 3 aromatic rings. The van der Waals surface area contributed by atoms with Crippen molar-refractivity contribution in [3.8, 4) is 5.69 Å². The van der Waals surface area contributed by atoms with E-state index in [9.17, 15) is 18.0 Å². The molecule has 1 fully saturated rings. The van der Waals surface area contributed by atoms with Gasteiger partial charge < -0.3 is 10.2 Å². The molecule has 1 aliphatic rings. The molecule has 1 aromatic heterocycles. The summed E-state index contributed by atoms with van der Waals surface area (Å²) in [6.45, 7) is 4.47. The highest BCUT2D eigenvalue weighted by Gasteiger charge is 2.29. The number of aromatic nitrogens is 3. The molecule has 0 unspecified atom stereocenters. The van der Waals surface area contributed by atoms with E-state index in [-0.39, 0.29) is 41.4 Å². The largest absolute Gasteiger partial charge is 0.346 e. The summed E-state index contributed by atoms with van der Waals surface area (Å²) in [5.74, 6) is -0.441. The number of benzene rings is 2. The monoisotopic (exact) mass is 482 g/mol. The molecule has 0 bridgehead atoms. The molecule has 0 spiro atoms. The van der Waals surface area contributed by atoms with Crippen LogP contribution in [0.2, 0.25) is 0 Å². The Bertz CT molecular complexity index is 1270. The Kier molecular flexibility index (Phi) is 6.75. The third kappa shape index (κ3) is 5.00. The van der Waals surface area contributed by atoms with Crippen LogP contribution in [0, 0.1) is 0 Å². The number of amides is 2. The molecular weight excluding hydrogens is 456 g/mol. The van der Waals surface area contributed by atoms with E-state index >= 15 is 0 Å². The Balaban J connectivity index is 1.44. The first-order chi connectivity index (χ1) is 16.3. The summed E-state index contributed by atoms with van der Waals surface area (Å²) in [6.07, 6.45) is 3.06. The lowest BCUT2D eigenvalue weighted by Gasteiger charge is -2.33. The van der Waals surface area contributed by atoms with Crippen LogP contribution in [0.25, 0.3) is 5.69 Å². The molecule has 1 saturated heterocycles. The summed E-state index contributed by atoms with van der Waals surface area (Å²) in [6, 6.07) is 13.3. The molecule has 10 nitrogen and oxygen atoms in total. The molecule has 1 aliphatic heterocycles. The van der Waals surface area contributed by atoms with Gasteiger partial charge in [0.15, 0.2) is 0 Å². The predicted octanol–water partition coefficient (Wildman–Crippen LogP) is 1.61. The van der Waals surface area contributed by atoms with Gasteiger partial charge in [0, 0.05) is 38.7 Å². The van der Waals surface area contributed by atoms with Gasteiger partial charge >= 0.3 is 0 Å². The van der Waals surface area contributed by atoms with Crippen molar-refractivity contribution in [2.24, 2.45) is 0 Å². The van der Waals surface area contributed by atoms with Crippen LogP contribution in [0.3, 0.4) is 0 Å². The zero-order valence-electron chi connectivity index (χ0n) is 19.0. The van der Waals surface area contributed by atoms with Crippen molar-refractivity contribution in [2.75, 3.05) is 26.2 Å². The molecule has 4 rings (SSSR count). The summed E-state index contributed by atoms with van der Waals surface area (Å²) in [4.78, 5) is 30.0. The Morgan fingerprint density at radius 2 is 1.74 bits per heavy atom. The quantitative estimate of drug-likeness (QED) is 0.570. The standard InChI is InChI=1S/C23H26N6O4S/c1-17(19-6-8-21(9-7-19)29-16-24-15-25-29)26-23(31)20-4-3-5-22(14-20)34(32,33)28-12-10-27(11-13-28)18(2)30/h3-9,14-17H,10-13H2,1-2H3,(H,26,31)/t17-/m1/s1. The van der Waals surface area contributed by atoms with E-state index < -0.39 is 10.0 Å². The van der Waals surface area contributed by atoms with Crippen LogP contribution in [0.15, 0.2) is 66.1 Å². The number of nitrogens with one attached hydrogen (secondary N) is 1. The SMILES string of the molecule is CC(=O)N1CCN(S(=O)(=O)c2cccc(C(=O)N[C@H](C)c3ccc(-n4cncn4)cc3)c2)CC1. The zero-order valence-corrected chi connectivity index (χ0v) is 19.8. The van der Waals surface area contributed by atoms with Gasteiger partial charge in [0.2, 0.25) is 15.9 Å². The summed E-state index contributed by atoms with van der Waals surface area (Å²) < 4.78 is 29.2. The smallest absolute Gasteiger partial charge is 0.251 e. The maximum Gasteiger partial charge on any atom is 0.251 e. The Labute approximate surface area is 198 Å². The molecule has 11 heteroatoms. The predicted molar refractivity (Wildman–Crippen MR) is 125 cm³/mol. The van der Waals surface area contributed by atoms with Gasteiger partial charge in [-0.25, -0.2) is 18.1 Å². The molecular formula is C23H26N6O4S. The summed E-state index contributed by atoms with van der Waals surface area (Å²) in [5, 5.41) is 7.00. The van der Waals surface area contributed by atoms with Crippen LogP contribution in [-0.2, 0) is 14.8 Å². The van der Waals surface area contributed by atoms with Gasteiger partial charge in [-0.3, -0.25) is 9.59 Å². The van der Waals surface area contributed by atoms with Gasteiger partial charge in [-0.15, -0.1) is 0 Å². The highest BCUT2D eigenvalue weighted by molar-refractivity contribution is 7.89. The minimum absolute atomic E-state index is 0.0567. The van der Waals surface area contributed by atoms with Crippen LogP contribution < -0.4 is 5.32 Å². The van der Waals surface area contributed by atoms with Crippen LogP contribution in [-0.4, -0.2) is 70.4 Å². The van der Waals surface area contributed by atoms with Crippen LogP contribution in [0.1, 0.15) is 35.8 Å². The topological polar surface area (TPSA) is 118 Å². The van der Waals surface area contributed by atoms with E-state index in [0.29, 0.717) is 13.1 Å². The molecule has 0 saturated carbocycles. The second kappa shape index (κ2) is 9.74. The van der Waals surface area contributed by atoms with Gasteiger partial charge in [-0.2, -0.15) is 9.40 Å². The summed E-state index contributed by atoms with van der Waals surface area (Å²) in [7, 11) is -3.77. The van der Waals surface area contributed by atoms with Gasteiger partial charge in [0.1, 0.15) is 12.7 Å². The number of sulfonamides is 1. The Morgan fingerprint density at radius 3 is 2.35 bits per heavy atom. The number of nitrogens with zero attached hydrogens (tertiary/aromatic N) is 5. The molecule has 0 aliphatic carbocycles. The van der Waals surface area contributed by atoms with E-state index in [1.165, 1.54) is 29.7 Å². The van der Waals surface area contributed by atoms with Gasteiger partial charge in [0.25, 0.3) is 5.91 Å². The second-order valence-corrected chi connectivity index (χ2v) is 10.0. The molecule has 1 atom stereocenters. The number of hydrogen-bond donors (Lipinski definition) is 1. The maximum atomic E-state index is 13.1. The van der Waals surface area contributed by atoms with Crippen LogP contribution in [0.4, 0.5) is 0 Å². The Hall–Kier alpha value is -3.57. The molecule has 2 aromatic carbocycles. The first kappa shape index (κ1) is 23.6. The third-order valence-electron chi connectivity index (χ3n) is 5.84. The van der Waals surface area contributed by atoms with Crippen molar-refractivity contribution in [3.05, 3.63) is 72.3 Å². The van der Waals surface area contributed by atoms with Gasteiger partial charge in [0.05, 0.1) is 16.6 Å². The lowest BCUT2D eigenvalue weighted by atomic mass is 10.1. The third-order valence-corrected chi connectivity index (χ3v) is 7.74. The number of carbonyl (C=O) groups is 2. The minimum atomic E-state index is -3.77. The van der Waals surface area contributed by atoms with Crippen LogP contribution in [0.5, 0.6) is 0 Å². The van der Waals surface area contributed by atoms with Crippen molar-refractivity contribution in [2.45, 2.75) is 24.8 Å². The second-order valence-electron chi connectivity index (χ2n) is 8.06. The molecule has 0 radical (unpaired) electrons. The zero-order chi connectivity index (χ0) is 24.3. The van der Waals surface area contributed by atoms with E-state index in [0.717, 1.165) is 11.3 Å². The van der Waals surface area contributed by atoms with E-state index in [2.05, 4.69) is 15.4 Å². The molecule has 34 heavy (non-hydrogen) atoms. The first-order valence-corrected chi connectivity index (χ1v) is 12.3. The molecule has 1 N–H and O–H groups in total. The highest BCUT2D eigenvalue weighted by Crippen LogP contribution is 2.20. The fourth-order valence-electron chi connectivity index (χ4n) is 3.81. The van der Waals surface area contributed by atoms with Crippen molar-refractivity contribution in [1.29, 1.82) is 0 Å². The van der Waals surface area contributed by atoms with Gasteiger partial charge in [-0.05, 0) is 42.8 Å². The number of rotatable bonds is 6. The number of hydrogen-bond acceptors (Lipinski definition) is 6. The lowest BCUT2D eigenvalue weighted by Crippen LogP contribution is -2.49. The highest BCUT2D eigenvalue weighted by atomic mass is 32.2. The molecule has 178 valence electrons. The van der Waals surface area contributed by atoms with E-state index in [1.54, 1.807) is 28.0 Å². The maximum absolute atomic E-state index is 13.1. The van der Waals surface area contributed by atoms with Crippen molar-refractivity contribution in [3.63, 3.8) is 0 Å². The first-order valence-electron chi connectivity index (χ1n) is 10.9. The number of piperazine rings is 1. The van der Waals surface area contributed by atoms with Crippen molar-refractivity contribution >= 4 is 21.8 Å². The van der Waals surface area contributed by atoms with Crippen LogP contribution >= 0.6 is 0 Å². The molecule has 2 amide bonds. The summed E-state index contributed by atoms with van der Waals surface area (Å²) in [5.41, 5.74) is 2.00. The van der Waals surface area contributed by atoms with Crippen molar-refractivity contribution in [1.82, 2.24) is 29.3 Å². The molecule has 2 heterocycles. The summed E-state index contributed by atoms with van der Waals surface area (Å²) >= 11 is 0. The van der Waals surface area contributed by atoms with E-state index in [4.69, 9.17) is 0 Å².